The molecule has 70 valence electrons. The van der Waals surface area contributed by atoms with Crippen LogP contribution in [-0.2, 0) is 0 Å². The van der Waals surface area contributed by atoms with Gasteiger partial charge in [-0.3, -0.25) is 0 Å². The number of hydrogen-bond donors (Lipinski definition) is 0. The Labute approximate surface area is 70.9 Å². The second-order valence-corrected chi connectivity index (χ2v) is 3.48. The van der Waals surface area contributed by atoms with E-state index in [4.69, 9.17) is 0 Å². The van der Waals surface area contributed by atoms with E-state index in [1.807, 2.05) is 0 Å². The van der Waals surface area contributed by atoms with Crippen LogP contribution in [-0.4, -0.2) is 6.98 Å². The summed E-state index contributed by atoms with van der Waals surface area (Å²) in [6, 6.07) is 0. The average Bonchev–Trinajstić information content (AvgIpc) is 2.03. The summed E-state index contributed by atoms with van der Waals surface area (Å²) in [5.41, 5.74) is -0.463. The van der Waals surface area contributed by atoms with Gasteiger partial charge in [-0.25, -0.2) is 0 Å². The highest BCUT2D eigenvalue weighted by molar-refractivity contribution is 6.66. The van der Waals surface area contributed by atoms with Crippen molar-refractivity contribution in [2.45, 2.75) is 32.1 Å². The fourth-order valence-electron chi connectivity index (χ4n) is 1.74. The summed E-state index contributed by atoms with van der Waals surface area (Å²) in [4.78, 5) is 0. The first-order valence-corrected chi connectivity index (χ1v) is 4.40. The third kappa shape index (κ3) is 2.29. The van der Waals surface area contributed by atoms with Gasteiger partial charge in [0.05, 0.1) is 0 Å². The van der Waals surface area contributed by atoms with Gasteiger partial charge in [0.1, 0.15) is 0 Å². The molecule has 0 aromatic carbocycles. The largest absolute Gasteiger partial charge is 0.505 e. The Morgan fingerprint density at radius 2 is 1.58 bits per heavy atom. The quantitative estimate of drug-likeness (QED) is 0.566. The summed E-state index contributed by atoms with van der Waals surface area (Å²) in [7, 11) is 0. The van der Waals surface area contributed by atoms with E-state index in [1.165, 1.54) is 0 Å². The van der Waals surface area contributed by atoms with E-state index in [2.05, 4.69) is 6.58 Å². The second kappa shape index (κ2) is 3.54. The van der Waals surface area contributed by atoms with Crippen LogP contribution in [0.5, 0.6) is 0 Å². The lowest BCUT2D eigenvalue weighted by Crippen LogP contribution is -2.26. The first kappa shape index (κ1) is 9.68. The molecule has 4 heteroatoms. The highest BCUT2D eigenvalue weighted by Crippen LogP contribution is 2.34. The Kier molecular flexibility index (Phi) is 2.86. The standard InChI is InChI=1S/C8H13BF3/c1-7(9(10,11)12)8-5-3-2-4-6-8/h8H,1-6H2/q-1. The van der Waals surface area contributed by atoms with E-state index >= 15 is 0 Å². The molecule has 1 rings (SSSR count). The number of hydrogen-bond acceptors (Lipinski definition) is 0. The normalized spacial score (nSPS) is 20.9. The maximum Gasteiger partial charge on any atom is 0.505 e. The minimum Gasteiger partial charge on any atom is -0.445 e. The zero-order valence-electron chi connectivity index (χ0n) is 7.03. The molecule has 0 aromatic heterocycles. The maximum absolute atomic E-state index is 12.2. The predicted molar refractivity (Wildman–Crippen MR) is 44.8 cm³/mol. The van der Waals surface area contributed by atoms with Gasteiger partial charge in [0.15, 0.2) is 0 Å². The summed E-state index contributed by atoms with van der Waals surface area (Å²) >= 11 is 0. The van der Waals surface area contributed by atoms with Crippen molar-refractivity contribution in [1.29, 1.82) is 0 Å². The predicted octanol–water partition coefficient (Wildman–Crippen LogP) is 3.51. The Hall–Kier alpha value is -0.405. The lowest BCUT2D eigenvalue weighted by Gasteiger charge is -2.30. The third-order valence-electron chi connectivity index (χ3n) is 2.55. The van der Waals surface area contributed by atoms with E-state index < -0.39 is 12.4 Å². The van der Waals surface area contributed by atoms with E-state index in [0.717, 1.165) is 19.3 Å². The molecule has 0 saturated heterocycles. The van der Waals surface area contributed by atoms with Gasteiger partial charge in [0, 0.05) is 0 Å². The van der Waals surface area contributed by atoms with Crippen LogP contribution >= 0.6 is 0 Å². The van der Waals surface area contributed by atoms with Gasteiger partial charge >= 0.3 is 6.98 Å². The van der Waals surface area contributed by atoms with Crippen LogP contribution in [0.3, 0.4) is 0 Å². The number of allylic oxidation sites excluding steroid dienone is 1. The molecule has 12 heavy (non-hydrogen) atoms. The van der Waals surface area contributed by atoms with Crippen LogP contribution in [0.15, 0.2) is 12.1 Å². The van der Waals surface area contributed by atoms with Crippen molar-refractivity contribution in [3.63, 3.8) is 0 Å². The topological polar surface area (TPSA) is 0 Å². The lowest BCUT2D eigenvalue weighted by molar-refractivity contribution is 0.387. The van der Waals surface area contributed by atoms with Gasteiger partial charge in [-0.1, -0.05) is 19.3 Å². The molecule has 1 aliphatic carbocycles. The lowest BCUT2D eigenvalue weighted by atomic mass is 9.68. The molecule has 1 saturated carbocycles. The van der Waals surface area contributed by atoms with Gasteiger partial charge in [-0.2, -0.15) is 0 Å². The summed E-state index contributed by atoms with van der Waals surface area (Å²) < 4.78 is 36.6. The minimum atomic E-state index is -4.79. The van der Waals surface area contributed by atoms with Crippen molar-refractivity contribution in [3.8, 4) is 0 Å². The van der Waals surface area contributed by atoms with Crippen LogP contribution in [0.25, 0.3) is 0 Å². The van der Waals surface area contributed by atoms with Gasteiger partial charge in [0.25, 0.3) is 0 Å². The zero-order valence-corrected chi connectivity index (χ0v) is 7.03. The van der Waals surface area contributed by atoms with Crippen molar-refractivity contribution in [1.82, 2.24) is 0 Å². The van der Waals surface area contributed by atoms with Crippen molar-refractivity contribution in [2.75, 3.05) is 0 Å². The highest BCUT2D eigenvalue weighted by atomic mass is 19.4. The Morgan fingerprint density at radius 1 is 1.08 bits per heavy atom. The van der Waals surface area contributed by atoms with Crippen molar-refractivity contribution < 1.29 is 12.9 Å². The monoisotopic (exact) mass is 177 g/mol. The SMILES string of the molecule is C=C(C1CCCCC1)[B-](F)(F)F. The molecule has 0 nitrogen and oxygen atoms in total. The molecule has 0 atom stereocenters. The van der Waals surface area contributed by atoms with Crippen LogP contribution in [0.2, 0.25) is 0 Å². The Morgan fingerprint density at radius 3 is 2.00 bits per heavy atom. The first-order valence-electron chi connectivity index (χ1n) is 4.40. The van der Waals surface area contributed by atoms with Crippen LogP contribution in [0, 0.1) is 5.92 Å². The van der Waals surface area contributed by atoms with Crippen molar-refractivity contribution in [3.05, 3.63) is 12.1 Å². The second-order valence-electron chi connectivity index (χ2n) is 3.48. The van der Waals surface area contributed by atoms with E-state index in [-0.39, 0.29) is 5.92 Å². The summed E-state index contributed by atoms with van der Waals surface area (Å²) in [6.07, 6.45) is 4.29. The van der Waals surface area contributed by atoms with E-state index in [9.17, 15) is 12.9 Å². The fourth-order valence-corrected chi connectivity index (χ4v) is 1.74. The minimum absolute atomic E-state index is 0.279. The van der Waals surface area contributed by atoms with Crippen LogP contribution in [0.4, 0.5) is 12.9 Å². The number of rotatable bonds is 2. The molecule has 0 amide bonds. The van der Waals surface area contributed by atoms with Crippen molar-refractivity contribution in [2.24, 2.45) is 5.92 Å². The molecule has 0 N–H and O–H groups in total. The Bertz CT molecular complexity index is 168. The molecular weight excluding hydrogens is 164 g/mol. The molecule has 0 aromatic rings. The van der Waals surface area contributed by atoms with Gasteiger partial charge in [-0.05, 0) is 18.8 Å². The average molecular weight is 177 g/mol. The summed E-state index contributed by atoms with van der Waals surface area (Å²) in [5.74, 6) is -0.279. The van der Waals surface area contributed by atoms with Crippen LogP contribution in [0.1, 0.15) is 32.1 Å². The molecule has 0 unspecified atom stereocenters. The van der Waals surface area contributed by atoms with Gasteiger partial charge in [-0.15, -0.1) is 12.1 Å². The third-order valence-corrected chi connectivity index (χ3v) is 2.55. The smallest absolute Gasteiger partial charge is 0.445 e. The molecule has 1 fully saturated rings. The zero-order chi connectivity index (χ0) is 9.19. The molecule has 0 spiro atoms. The molecule has 0 radical (unpaired) electrons. The Balaban J connectivity index is 2.51. The van der Waals surface area contributed by atoms with Gasteiger partial charge in [0.2, 0.25) is 0 Å². The first-order chi connectivity index (χ1) is 5.52. The fraction of sp³-hybridized carbons (Fsp3) is 0.750. The van der Waals surface area contributed by atoms with E-state index in [1.54, 1.807) is 0 Å². The molecule has 0 aliphatic heterocycles. The molecular formula is C8H13BF3-. The van der Waals surface area contributed by atoms with Crippen LogP contribution < -0.4 is 0 Å². The molecule has 0 bridgehead atoms. The highest BCUT2D eigenvalue weighted by Gasteiger charge is 2.32. The summed E-state index contributed by atoms with van der Waals surface area (Å²) in [6.45, 7) is -1.64. The van der Waals surface area contributed by atoms with E-state index in [0.29, 0.717) is 12.8 Å². The maximum atomic E-state index is 12.2. The number of halogens is 3. The molecule has 1 aliphatic rings. The molecule has 0 heterocycles. The van der Waals surface area contributed by atoms with Gasteiger partial charge < -0.3 is 12.9 Å². The summed E-state index contributed by atoms with van der Waals surface area (Å²) in [5, 5.41) is 0. The van der Waals surface area contributed by atoms with Crippen molar-refractivity contribution >= 4 is 6.98 Å².